The minimum atomic E-state index is -0.614. The highest BCUT2D eigenvalue weighted by Crippen LogP contribution is 2.34. The van der Waals surface area contributed by atoms with Gasteiger partial charge in [-0.15, -0.1) is 0 Å². The molecule has 1 aliphatic rings. The van der Waals surface area contributed by atoms with Gasteiger partial charge < -0.3 is 19.7 Å². The number of anilines is 1. The van der Waals surface area contributed by atoms with Crippen LogP contribution in [0, 0.1) is 0 Å². The zero-order chi connectivity index (χ0) is 22.3. The molecule has 0 radical (unpaired) electrons. The van der Waals surface area contributed by atoms with Gasteiger partial charge in [0.15, 0.2) is 11.5 Å². The molecule has 164 valence electrons. The van der Waals surface area contributed by atoms with Crippen molar-refractivity contribution in [1.82, 2.24) is 4.90 Å². The fraction of sp³-hybridized carbons (Fsp3) is 0.231. The Labute approximate surface area is 187 Å². The number of fused-ring (bicyclic) bond motifs is 1. The predicted molar refractivity (Wildman–Crippen MR) is 122 cm³/mol. The number of amides is 2. The molecule has 0 aliphatic carbocycles. The smallest absolute Gasteiger partial charge is 0.247 e. The van der Waals surface area contributed by atoms with Crippen molar-refractivity contribution >= 4 is 17.5 Å². The molecule has 1 unspecified atom stereocenters. The van der Waals surface area contributed by atoms with Gasteiger partial charge in [0.1, 0.15) is 6.04 Å². The molecule has 2 amide bonds. The summed E-state index contributed by atoms with van der Waals surface area (Å²) in [5.74, 6) is 0.923. The van der Waals surface area contributed by atoms with Crippen LogP contribution in [0.4, 0.5) is 5.69 Å². The average molecular weight is 431 g/mol. The van der Waals surface area contributed by atoms with Gasteiger partial charge in [-0.1, -0.05) is 67.6 Å². The van der Waals surface area contributed by atoms with Crippen LogP contribution in [-0.2, 0) is 22.6 Å². The van der Waals surface area contributed by atoms with Crippen molar-refractivity contribution in [2.24, 2.45) is 0 Å². The van der Waals surface area contributed by atoms with Gasteiger partial charge in [0.2, 0.25) is 18.6 Å². The molecule has 3 aromatic carbocycles. The summed E-state index contributed by atoms with van der Waals surface area (Å²) in [5.41, 5.74) is 2.50. The molecule has 6 nitrogen and oxygen atoms in total. The summed E-state index contributed by atoms with van der Waals surface area (Å²) in [6.45, 7) is 2.44. The molecule has 1 atom stereocenters. The van der Waals surface area contributed by atoms with Crippen LogP contribution in [0.2, 0.25) is 0 Å². The first-order valence-corrected chi connectivity index (χ1v) is 10.7. The number of hydrogen-bond acceptors (Lipinski definition) is 4. The fourth-order valence-corrected chi connectivity index (χ4v) is 3.77. The molecule has 1 N–H and O–H groups in total. The van der Waals surface area contributed by atoms with Crippen molar-refractivity contribution in [3.63, 3.8) is 0 Å². The van der Waals surface area contributed by atoms with Crippen LogP contribution in [0.3, 0.4) is 0 Å². The highest BCUT2D eigenvalue weighted by Gasteiger charge is 2.29. The molecule has 0 spiro atoms. The van der Waals surface area contributed by atoms with Crippen molar-refractivity contribution in [1.29, 1.82) is 0 Å². The van der Waals surface area contributed by atoms with E-state index < -0.39 is 6.04 Å². The van der Waals surface area contributed by atoms with Gasteiger partial charge >= 0.3 is 0 Å². The van der Waals surface area contributed by atoms with E-state index in [1.165, 1.54) is 0 Å². The number of carbonyl (C=O) groups excluding carboxylic acids is 2. The summed E-state index contributed by atoms with van der Waals surface area (Å²) < 4.78 is 10.7. The van der Waals surface area contributed by atoms with E-state index in [9.17, 15) is 9.59 Å². The zero-order valence-electron chi connectivity index (χ0n) is 18.0. The monoisotopic (exact) mass is 430 g/mol. The second-order valence-electron chi connectivity index (χ2n) is 7.65. The van der Waals surface area contributed by atoms with Crippen LogP contribution in [0.25, 0.3) is 0 Å². The van der Waals surface area contributed by atoms with Crippen LogP contribution in [0.5, 0.6) is 11.5 Å². The second-order valence-corrected chi connectivity index (χ2v) is 7.65. The van der Waals surface area contributed by atoms with Gasteiger partial charge in [-0.25, -0.2) is 0 Å². The lowest BCUT2D eigenvalue weighted by Crippen LogP contribution is -2.47. The SMILES string of the molecule is CCC(C(=O)Nc1ccc2c(c1)OCO2)N(Cc1ccccc1)C(=O)Cc1ccccc1. The summed E-state index contributed by atoms with van der Waals surface area (Å²) in [5, 5.41) is 2.94. The van der Waals surface area contributed by atoms with Crippen LogP contribution in [-0.4, -0.2) is 29.5 Å². The molecular weight excluding hydrogens is 404 g/mol. The van der Waals surface area contributed by atoms with Gasteiger partial charge in [-0.05, 0) is 29.7 Å². The molecule has 1 heterocycles. The first kappa shape index (κ1) is 21.4. The second kappa shape index (κ2) is 10.0. The Morgan fingerprint density at radius 1 is 0.906 bits per heavy atom. The lowest BCUT2D eigenvalue weighted by Gasteiger charge is -2.31. The van der Waals surface area contributed by atoms with Crippen molar-refractivity contribution in [3.05, 3.63) is 90.0 Å². The lowest BCUT2D eigenvalue weighted by atomic mass is 10.1. The van der Waals surface area contributed by atoms with E-state index in [0.717, 1.165) is 11.1 Å². The van der Waals surface area contributed by atoms with Crippen LogP contribution in [0.15, 0.2) is 78.9 Å². The Balaban J connectivity index is 1.55. The molecule has 32 heavy (non-hydrogen) atoms. The highest BCUT2D eigenvalue weighted by molar-refractivity contribution is 5.97. The molecule has 0 fully saturated rings. The fourth-order valence-electron chi connectivity index (χ4n) is 3.77. The van der Waals surface area contributed by atoms with E-state index in [-0.39, 0.29) is 25.0 Å². The van der Waals surface area contributed by atoms with Crippen molar-refractivity contribution in [3.8, 4) is 11.5 Å². The number of hydrogen-bond donors (Lipinski definition) is 1. The van der Waals surface area contributed by atoms with E-state index in [1.807, 2.05) is 67.6 Å². The predicted octanol–water partition coefficient (Wildman–Crippen LogP) is 4.40. The molecule has 6 heteroatoms. The summed E-state index contributed by atoms with van der Waals surface area (Å²) >= 11 is 0. The first-order chi connectivity index (χ1) is 15.6. The number of benzene rings is 3. The third kappa shape index (κ3) is 5.09. The number of rotatable bonds is 8. The van der Waals surface area contributed by atoms with Gasteiger partial charge in [0.25, 0.3) is 0 Å². The number of nitrogens with one attached hydrogen (secondary N) is 1. The van der Waals surface area contributed by atoms with E-state index in [2.05, 4.69) is 5.32 Å². The van der Waals surface area contributed by atoms with E-state index in [1.54, 1.807) is 23.1 Å². The van der Waals surface area contributed by atoms with Crippen LogP contribution < -0.4 is 14.8 Å². The largest absolute Gasteiger partial charge is 0.454 e. The summed E-state index contributed by atoms with van der Waals surface area (Å²) in [6.07, 6.45) is 0.727. The first-order valence-electron chi connectivity index (χ1n) is 10.7. The van der Waals surface area contributed by atoms with Crippen LogP contribution in [0.1, 0.15) is 24.5 Å². The minimum Gasteiger partial charge on any atom is -0.454 e. The molecular formula is C26H26N2O4. The van der Waals surface area contributed by atoms with Crippen molar-refractivity contribution in [2.45, 2.75) is 32.4 Å². The molecule has 0 saturated heterocycles. The van der Waals surface area contributed by atoms with Crippen molar-refractivity contribution in [2.75, 3.05) is 12.1 Å². The summed E-state index contributed by atoms with van der Waals surface area (Å²) in [4.78, 5) is 28.3. The maximum atomic E-state index is 13.3. The van der Waals surface area contributed by atoms with Gasteiger partial charge in [-0.3, -0.25) is 9.59 Å². The number of ether oxygens (including phenoxy) is 2. The van der Waals surface area contributed by atoms with E-state index in [0.29, 0.717) is 30.2 Å². The quantitative estimate of drug-likeness (QED) is 0.575. The standard InChI is InChI=1S/C26H26N2O4/c1-2-22(26(30)27-21-13-14-23-24(16-21)32-18-31-23)28(17-20-11-7-4-8-12-20)25(29)15-19-9-5-3-6-10-19/h3-14,16,22H,2,15,17-18H2,1H3,(H,27,30). The van der Waals surface area contributed by atoms with Gasteiger partial charge in [0.05, 0.1) is 6.42 Å². The summed E-state index contributed by atoms with van der Waals surface area (Å²) in [6, 6.07) is 24.0. The topological polar surface area (TPSA) is 67.9 Å². The van der Waals surface area contributed by atoms with E-state index >= 15 is 0 Å². The molecule has 4 rings (SSSR count). The van der Waals surface area contributed by atoms with E-state index in [4.69, 9.17) is 9.47 Å². The van der Waals surface area contributed by atoms with Gasteiger partial charge in [-0.2, -0.15) is 0 Å². The molecule has 0 saturated carbocycles. The Morgan fingerprint density at radius 3 is 2.25 bits per heavy atom. The Morgan fingerprint density at radius 2 is 1.56 bits per heavy atom. The molecule has 0 bridgehead atoms. The number of carbonyl (C=O) groups is 2. The molecule has 3 aromatic rings. The summed E-state index contributed by atoms with van der Waals surface area (Å²) in [7, 11) is 0. The molecule has 1 aliphatic heterocycles. The number of nitrogens with zero attached hydrogens (tertiary/aromatic N) is 1. The minimum absolute atomic E-state index is 0.0901. The Bertz CT molecular complexity index is 1070. The maximum Gasteiger partial charge on any atom is 0.247 e. The van der Waals surface area contributed by atoms with Gasteiger partial charge in [0, 0.05) is 18.3 Å². The highest BCUT2D eigenvalue weighted by atomic mass is 16.7. The Kier molecular flexibility index (Phi) is 6.70. The normalized spacial score (nSPS) is 12.8. The third-order valence-corrected chi connectivity index (χ3v) is 5.42. The van der Waals surface area contributed by atoms with Crippen molar-refractivity contribution < 1.29 is 19.1 Å². The zero-order valence-corrected chi connectivity index (χ0v) is 18.0. The lowest BCUT2D eigenvalue weighted by molar-refractivity contribution is -0.139. The van der Waals surface area contributed by atoms with Crippen LogP contribution >= 0.6 is 0 Å². The average Bonchev–Trinajstić information content (AvgIpc) is 3.28. The third-order valence-electron chi connectivity index (χ3n) is 5.42. The Hall–Kier alpha value is -3.80. The molecule has 0 aromatic heterocycles. The maximum absolute atomic E-state index is 13.3.